The van der Waals surface area contributed by atoms with Gasteiger partial charge in [-0.05, 0) is 50.2 Å². The van der Waals surface area contributed by atoms with Crippen LogP contribution in [0.4, 0.5) is 14.5 Å². The fourth-order valence-electron chi connectivity index (χ4n) is 4.99. The monoisotopic (exact) mass is 468 g/mol. The quantitative estimate of drug-likeness (QED) is 0.603. The molecule has 2 aliphatic heterocycles. The van der Waals surface area contributed by atoms with Gasteiger partial charge in [0.15, 0.2) is 0 Å². The smallest absolute Gasteiger partial charge is 0.255 e. The number of hydrogen-bond donors (Lipinski definition) is 1. The van der Waals surface area contributed by atoms with Crippen LogP contribution < -0.4 is 10.2 Å². The third-order valence-corrected chi connectivity index (χ3v) is 6.96. The number of anilines is 1. The number of carbonyl (C=O) groups excluding carboxylic acids is 1. The van der Waals surface area contributed by atoms with Crippen molar-refractivity contribution in [2.75, 3.05) is 57.8 Å². The average molecular weight is 469 g/mol. The molecule has 1 N–H and O–H groups in total. The van der Waals surface area contributed by atoms with E-state index >= 15 is 0 Å². The Kier molecular flexibility index (Phi) is 6.47. The van der Waals surface area contributed by atoms with E-state index in [-0.39, 0.29) is 11.9 Å². The molecule has 4 heterocycles. The second-order valence-electron chi connectivity index (χ2n) is 9.19. The highest BCUT2D eigenvalue weighted by Crippen LogP contribution is 2.38. The number of likely N-dealkylation sites (N-methyl/N-ethyl adjacent to an activating group) is 1. The minimum Gasteiger partial charge on any atom is -0.364 e. The standard InChI is InChI=1S/C25H30F2N6O/c1-30-11-13-31(14-12-30)10-7-28-25(34)21-17-29-33-9-6-19(16-24(21)33)32-8-2-3-23(32)20-15-18(26)4-5-22(20)27/h4-6,9,15-17,23H,2-3,7-8,10-14H2,1H3,(H,28,34). The lowest BCUT2D eigenvalue weighted by Crippen LogP contribution is -2.46. The van der Waals surface area contributed by atoms with Gasteiger partial charge in [0.2, 0.25) is 0 Å². The second-order valence-corrected chi connectivity index (χ2v) is 9.19. The van der Waals surface area contributed by atoms with Crippen molar-refractivity contribution in [2.45, 2.75) is 18.9 Å². The predicted molar refractivity (Wildman–Crippen MR) is 127 cm³/mol. The molecular formula is C25H30F2N6O. The van der Waals surface area contributed by atoms with Crippen LogP contribution in [0.3, 0.4) is 0 Å². The van der Waals surface area contributed by atoms with Crippen LogP contribution in [0.25, 0.3) is 5.52 Å². The van der Waals surface area contributed by atoms with Gasteiger partial charge in [0.25, 0.3) is 5.91 Å². The van der Waals surface area contributed by atoms with Crippen molar-refractivity contribution >= 4 is 17.1 Å². The van der Waals surface area contributed by atoms with Crippen LogP contribution in [-0.4, -0.2) is 78.2 Å². The van der Waals surface area contributed by atoms with Gasteiger partial charge in [0.1, 0.15) is 11.6 Å². The molecule has 2 fully saturated rings. The summed E-state index contributed by atoms with van der Waals surface area (Å²) in [5.41, 5.74) is 2.44. The van der Waals surface area contributed by atoms with Crippen LogP contribution in [0.5, 0.6) is 0 Å². The molecule has 1 amide bonds. The molecule has 0 spiro atoms. The highest BCUT2D eigenvalue weighted by Gasteiger charge is 2.29. The van der Waals surface area contributed by atoms with Crippen molar-refractivity contribution in [1.29, 1.82) is 0 Å². The van der Waals surface area contributed by atoms with E-state index in [1.54, 1.807) is 10.7 Å². The number of amides is 1. The van der Waals surface area contributed by atoms with Gasteiger partial charge in [0.05, 0.1) is 23.3 Å². The molecule has 7 nitrogen and oxygen atoms in total. The Labute approximate surface area is 197 Å². The van der Waals surface area contributed by atoms with Gasteiger partial charge in [-0.25, -0.2) is 13.3 Å². The fourth-order valence-corrected chi connectivity index (χ4v) is 4.99. The Morgan fingerprint density at radius 1 is 1.12 bits per heavy atom. The van der Waals surface area contributed by atoms with Crippen molar-refractivity contribution in [3.8, 4) is 0 Å². The van der Waals surface area contributed by atoms with Crippen LogP contribution in [0.15, 0.2) is 42.7 Å². The molecule has 1 aromatic carbocycles. The van der Waals surface area contributed by atoms with Crippen molar-refractivity contribution in [1.82, 2.24) is 24.7 Å². The zero-order chi connectivity index (χ0) is 23.7. The number of piperazine rings is 1. The van der Waals surface area contributed by atoms with Gasteiger partial charge in [-0.15, -0.1) is 0 Å². The normalized spacial score (nSPS) is 19.7. The molecule has 1 atom stereocenters. The third-order valence-electron chi connectivity index (χ3n) is 6.96. The van der Waals surface area contributed by atoms with Crippen molar-refractivity contribution < 1.29 is 13.6 Å². The number of fused-ring (bicyclic) bond motifs is 1. The fraction of sp³-hybridized carbons (Fsp3) is 0.440. The van der Waals surface area contributed by atoms with E-state index in [1.165, 1.54) is 12.1 Å². The van der Waals surface area contributed by atoms with E-state index in [1.807, 2.05) is 18.3 Å². The summed E-state index contributed by atoms with van der Waals surface area (Å²) in [5.74, 6) is -0.996. The van der Waals surface area contributed by atoms with Crippen LogP contribution in [0, 0.1) is 11.6 Å². The average Bonchev–Trinajstić information content (AvgIpc) is 3.49. The molecule has 34 heavy (non-hydrogen) atoms. The summed E-state index contributed by atoms with van der Waals surface area (Å²) >= 11 is 0. The zero-order valence-electron chi connectivity index (χ0n) is 19.4. The first-order valence-corrected chi connectivity index (χ1v) is 11.9. The third kappa shape index (κ3) is 4.63. The van der Waals surface area contributed by atoms with Crippen LogP contribution in [0.2, 0.25) is 0 Å². The van der Waals surface area contributed by atoms with Gasteiger partial charge < -0.3 is 15.1 Å². The maximum atomic E-state index is 14.5. The maximum absolute atomic E-state index is 14.5. The summed E-state index contributed by atoms with van der Waals surface area (Å²) in [6.45, 7) is 6.23. The molecule has 5 rings (SSSR count). The summed E-state index contributed by atoms with van der Waals surface area (Å²) < 4.78 is 30.0. The van der Waals surface area contributed by atoms with Crippen LogP contribution in [-0.2, 0) is 0 Å². The lowest BCUT2D eigenvalue weighted by atomic mass is 10.0. The Hall–Kier alpha value is -3.04. The van der Waals surface area contributed by atoms with E-state index in [4.69, 9.17) is 0 Å². The number of nitrogens with zero attached hydrogens (tertiary/aromatic N) is 5. The second kappa shape index (κ2) is 9.68. The van der Waals surface area contributed by atoms with Crippen LogP contribution >= 0.6 is 0 Å². The largest absolute Gasteiger partial charge is 0.364 e. The van der Waals surface area contributed by atoms with Crippen molar-refractivity contribution in [3.05, 3.63) is 65.5 Å². The Morgan fingerprint density at radius 2 is 1.94 bits per heavy atom. The summed E-state index contributed by atoms with van der Waals surface area (Å²) in [5, 5.41) is 7.35. The Morgan fingerprint density at radius 3 is 2.76 bits per heavy atom. The first kappa shape index (κ1) is 22.7. The molecule has 2 saturated heterocycles. The molecule has 0 saturated carbocycles. The van der Waals surface area contributed by atoms with Crippen LogP contribution in [0.1, 0.15) is 34.8 Å². The molecule has 1 unspecified atom stereocenters. The highest BCUT2D eigenvalue weighted by molar-refractivity contribution is 6.01. The SMILES string of the molecule is CN1CCN(CCNC(=O)c2cnn3ccc(N4CCCC4c4cc(F)ccc4F)cc23)CC1. The van der Waals surface area contributed by atoms with E-state index in [0.29, 0.717) is 23.2 Å². The molecule has 180 valence electrons. The first-order chi connectivity index (χ1) is 16.5. The van der Waals surface area contributed by atoms with E-state index < -0.39 is 11.6 Å². The Balaban J connectivity index is 1.31. The molecule has 0 bridgehead atoms. The van der Waals surface area contributed by atoms with Gasteiger partial charge in [0, 0.05) is 63.3 Å². The summed E-state index contributed by atoms with van der Waals surface area (Å²) in [6, 6.07) is 7.19. The highest BCUT2D eigenvalue weighted by atomic mass is 19.1. The Bertz CT molecular complexity index is 1170. The lowest BCUT2D eigenvalue weighted by molar-refractivity contribution is 0.0942. The van der Waals surface area contributed by atoms with Gasteiger partial charge in [-0.1, -0.05) is 0 Å². The van der Waals surface area contributed by atoms with Gasteiger partial charge in [-0.3, -0.25) is 9.69 Å². The minimum atomic E-state index is -0.440. The number of rotatable bonds is 6. The van der Waals surface area contributed by atoms with E-state index in [9.17, 15) is 13.6 Å². The van der Waals surface area contributed by atoms with E-state index in [0.717, 1.165) is 63.9 Å². The topological polar surface area (TPSA) is 56.1 Å². The summed E-state index contributed by atoms with van der Waals surface area (Å²) in [6.07, 6.45) is 5.01. The molecule has 3 aromatic rings. The number of benzene rings is 1. The molecule has 2 aliphatic rings. The zero-order valence-corrected chi connectivity index (χ0v) is 19.4. The number of carbonyl (C=O) groups is 1. The molecule has 0 aliphatic carbocycles. The molecule has 9 heteroatoms. The lowest BCUT2D eigenvalue weighted by Gasteiger charge is -2.32. The van der Waals surface area contributed by atoms with Gasteiger partial charge >= 0.3 is 0 Å². The number of aromatic nitrogens is 2. The summed E-state index contributed by atoms with van der Waals surface area (Å²) in [4.78, 5) is 19.7. The number of halogens is 2. The predicted octanol–water partition coefficient (Wildman–Crippen LogP) is 2.93. The number of nitrogens with one attached hydrogen (secondary N) is 1. The minimum absolute atomic E-state index is 0.157. The van der Waals surface area contributed by atoms with Gasteiger partial charge in [-0.2, -0.15) is 5.10 Å². The number of pyridine rings is 1. The first-order valence-electron chi connectivity index (χ1n) is 11.9. The summed E-state index contributed by atoms with van der Waals surface area (Å²) in [7, 11) is 2.12. The van der Waals surface area contributed by atoms with E-state index in [2.05, 4.69) is 32.2 Å². The number of hydrogen-bond acceptors (Lipinski definition) is 5. The van der Waals surface area contributed by atoms with Crippen molar-refractivity contribution in [2.24, 2.45) is 0 Å². The maximum Gasteiger partial charge on any atom is 0.255 e. The molecule has 0 radical (unpaired) electrons. The van der Waals surface area contributed by atoms with Crippen molar-refractivity contribution in [3.63, 3.8) is 0 Å². The molecule has 2 aromatic heterocycles. The molecular weight excluding hydrogens is 438 g/mol.